The predicted molar refractivity (Wildman–Crippen MR) is 54.8 cm³/mol. The van der Waals surface area contributed by atoms with Crippen molar-refractivity contribution < 1.29 is 13.2 Å². The molecule has 3 nitrogen and oxygen atoms in total. The molecule has 0 amide bonds. The lowest BCUT2D eigenvalue weighted by Gasteiger charge is -2.15. The predicted octanol–water partition coefficient (Wildman–Crippen LogP) is 2.14. The molecule has 16 heavy (non-hydrogen) atoms. The van der Waals surface area contributed by atoms with Crippen molar-refractivity contribution in [2.45, 2.75) is 25.9 Å². The van der Waals surface area contributed by atoms with E-state index in [1.807, 2.05) is 13.8 Å². The zero-order valence-corrected chi connectivity index (χ0v) is 9.54. The standard InChI is InChI=1S/C10H16F3N3/c1-6(2)7(5-14)8-4-9(10(11,12)13)16(3)15-8/h4,6-7H,5,14H2,1-3H3/t7-/m1/s1. The van der Waals surface area contributed by atoms with Gasteiger partial charge in [-0.05, 0) is 12.0 Å². The molecule has 0 unspecified atom stereocenters. The Bertz CT molecular complexity index is 355. The summed E-state index contributed by atoms with van der Waals surface area (Å²) < 4.78 is 38.5. The van der Waals surface area contributed by atoms with E-state index < -0.39 is 11.9 Å². The van der Waals surface area contributed by atoms with Gasteiger partial charge in [0.1, 0.15) is 5.69 Å². The monoisotopic (exact) mass is 235 g/mol. The molecule has 1 rings (SSSR count). The van der Waals surface area contributed by atoms with E-state index in [9.17, 15) is 13.2 Å². The summed E-state index contributed by atoms with van der Waals surface area (Å²) in [6.07, 6.45) is -4.36. The molecule has 0 aromatic carbocycles. The van der Waals surface area contributed by atoms with E-state index in [1.54, 1.807) is 0 Å². The summed E-state index contributed by atoms with van der Waals surface area (Å²) in [7, 11) is 1.29. The number of aromatic nitrogens is 2. The largest absolute Gasteiger partial charge is 0.433 e. The molecular formula is C10H16F3N3. The van der Waals surface area contributed by atoms with Crippen LogP contribution in [0.1, 0.15) is 31.2 Å². The number of rotatable bonds is 3. The zero-order valence-electron chi connectivity index (χ0n) is 9.54. The maximum absolute atomic E-state index is 12.5. The lowest BCUT2D eigenvalue weighted by atomic mass is 9.92. The van der Waals surface area contributed by atoms with E-state index in [0.717, 1.165) is 10.7 Å². The van der Waals surface area contributed by atoms with Crippen molar-refractivity contribution in [3.63, 3.8) is 0 Å². The maximum atomic E-state index is 12.5. The summed E-state index contributed by atoms with van der Waals surface area (Å²) in [5.41, 5.74) is 5.22. The highest BCUT2D eigenvalue weighted by atomic mass is 19.4. The molecule has 0 aliphatic heterocycles. The summed E-state index contributed by atoms with van der Waals surface area (Å²) in [5, 5.41) is 3.89. The average molecular weight is 235 g/mol. The Morgan fingerprint density at radius 2 is 2.00 bits per heavy atom. The SMILES string of the molecule is CC(C)[C@@H](CN)c1cc(C(F)(F)F)n(C)n1. The van der Waals surface area contributed by atoms with Crippen LogP contribution in [-0.2, 0) is 13.2 Å². The van der Waals surface area contributed by atoms with Crippen LogP contribution in [0.15, 0.2) is 6.07 Å². The van der Waals surface area contributed by atoms with Gasteiger partial charge in [-0.3, -0.25) is 4.68 Å². The number of nitrogens with two attached hydrogens (primary N) is 1. The van der Waals surface area contributed by atoms with Crippen LogP contribution >= 0.6 is 0 Å². The van der Waals surface area contributed by atoms with Crippen LogP contribution in [0.4, 0.5) is 13.2 Å². The quantitative estimate of drug-likeness (QED) is 0.872. The number of aryl methyl sites for hydroxylation is 1. The third kappa shape index (κ3) is 2.55. The first kappa shape index (κ1) is 13.0. The maximum Gasteiger partial charge on any atom is 0.433 e. The molecule has 0 radical (unpaired) electrons. The third-order valence-electron chi connectivity index (χ3n) is 2.63. The van der Waals surface area contributed by atoms with E-state index in [4.69, 9.17) is 5.73 Å². The summed E-state index contributed by atoms with van der Waals surface area (Å²) in [6, 6.07) is 1.08. The normalized spacial score (nSPS) is 14.5. The minimum absolute atomic E-state index is 0.137. The first-order chi connectivity index (χ1) is 7.27. The molecule has 0 aliphatic rings. The third-order valence-corrected chi connectivity index (χ3v) is 2.63. The van der Waals surface area contributed by atoms with Gasteiger partial charge >= 0.3 is 6.18 Å². The van der Waals surface area contributed by atoms with Crippen LogP contribution in [0.25, 0.3) is 0 Å². The van der Waals surface area contributed by atoms with Crippen molar-refractivity contribution in [1.29, 1.82) is 0 Å². The number of halogens is 3. The second-order valence-electron chi connectivity index (χ2n) is 4.16. The minimum atomic E-state index is -4.36. The molecule has 1 heterocycles. The Labute approximate surface area is 92.4 Å². The van der Waals surface area contributed by atoms with Gasteiger partial charge in [0.25, 0.3) is 0 Å². The summed E-state index contributed by atoms with van der Waals surface area (Å²) in [4.78, 5) is 0. The molecule has 1 aromatic rings. The fraction of sp³-hybridized carbons (Fsp3) is 0.700. The van der Waals surface area contributed by atoms with E-state index in [0.29, 0.717) is 12.2 Å². The lowest BCUT2D eigenvalue weighted by molar-refractivity contribution is -0.143. The number of hydrogen-bond donors (Lipinski definition) is 1. The van der Waals surface area contributed by atoms with Gasteiger partial charge in [0.2, 0.25) is 0 Å². The molecule has 1 aromatic heterocycles. The van der Waals surface area contributed by atoms with Crippen LogP contribution in [0, 0.1) is 5.92 Å². The van der Waals surface area contributed by atoms with Crippen LogP contribution < -0.4 is 5.73 Å². The second-order valence-corrected chi connectivity index (χ2v) is 4.16. The van der Waals surface area contributed by atoms with E-state index in [2.05, 4.69) is 5.10 Å². The van der Waals surface area contributed by atoms with Gasteiger partial charge in [-0.2, -0.15) is 18.3 Å². The molecule has 92 valence electrons. The molecule has 0 fully saturated rings. The molecule has 0 spiro atoms. The molecule has 0 saturated heterocycles. The number of nitrogens with zero attached hydrogens (tertiary/aromatic N) is 2. The van der Waals surface area contributed by atoms with Gasteiger partial charge in [0.05, 0.1) is 5.69 Å². The zero-order chi connectivity index (χ0) is 12.5. The van der Waals surface area contributed by atoms with Crippen LogP contribution in [0.2, 0.25) is 0 Å². The Kier molecular flexibility index (Phi) is 3.62. The van der Waals surface area contributed by atoms with Crippen molar-refractivity contribution in [3.8, 4) is 0 Å². The molecule has 0 aliphatic carbocycles. The highest BCUT2D eigenvalue weighted by Gasteiger charge is 2.35. The van der Waals surface area contributed by atoms with Gasteiger partial charge in [0.15, 0.2) is 0 Å². The minimum Gasteiger partial charge on any atom is -0.330 e. The van der Waals surface area contributed by atoms with Gasteiger partial charge in [-0.15, -0.1) is 0 Å². The van der Waals surface area contributed by atoms with E-state index >= 15 is 0 Å². The van der Waals surface area contributed by atoms with Crippen molar-refractivity contribution in [3.05, 3.63) is 17.5 Å². The Morgan fingerprint density at radius 3 is 2.31 bits per heavy atom. The first-order valence-corrected chi connectivity index (χ1v) is 5.08. The smallest absolute Gasteiger partial charge is 0.330 e. The lowest BCUT2D eigenvalue weighted by Crippen LogP contribution is -2.18. The van der Waals surface area contributed by atoms with Crippen molar-refractivity contribution in [2.24, 2.45) is 18.7 Å². The van der Waals surface area contributed by atoms with Crippen molar-refractivity contribution in [1.82, 2.24) is 9.78 Å². The summed E-state index contributed by atoms with van der Waals surface area (Å²) >= 11 is 0. The van der Waals surface area contributed by atoms with E-state index in [1.165, 1.54) is 7.05 Å². The first-order valence-electron chi connectivity index (χ1n) is 5.08. The molecular weight excluding hydrogens is 219 g/mol. The molecule has 6 heteroatoms. The van der Waals surface area contributed by atoms with Gasteiger partial charge in [-0.1, -0.05) is 13.8 Å². The summed E-state index contributed by atoms with van der Waals surface area (Å²) in [6.45, 7) is 4.13. The second kappa shape index (κ2) is 4.45. The van der Waals surface area contributed by atoms with Crippen LogP contribution in [0.5, 0.6) is 0 Å². The summed E-state index contributed by atoms with van der Waals surface area (Å²) in [5.74, 6) is 0.0308. The van der Waals surface area contributed by atoms with E-state index in [-0.39, 0.29) is 11.8 Å². The Hall–Kier alpha value is -1.04. The van der Waals surface area contributed by atoms with Crippen LogP contribution in [0.3, 0.4) is 0 Å². The Morgan fingerprint density at radius 1 is 1.44 bits per heavy atom. The fourth-order valence-corrected chi connectivity index (χ4v) is 1.67. The van der Waals surface area contributed by atoms with Crippen molar-refractivity contribution >= 4 is 0 Å². The molecule has 0 bridgehead atoms. The Balaban J connectivity index is 3.09. The molecule has 2 N–H and O–H groups in total. The highest BCUT2D eigenvalue weighted by Crippen LogP contribution is 2.32. The number of alkyl halides is 3. The topological polar surface area (TPSA) is 43.8 Å². The molecule has 1 atom stereocenters. The molecule has 0 saturated carbocycles. The van der Waals surface area contributed by atoms with Gasteiger partial charge in [-0.25, -0.2) is 0 Å². The van der Waals surface area contributed by atoms with Crippen LogP contribution in [-0.4, -0.2) is 16.3 Å². The number of hydrogen-bond acceptors (Lipinski definition) is 2. The van der Waals surface area contributed by atoms with Gasteiger partial charge in [0, 0.05) is 19.5 Å². The van der Waals surface area contributed by atoms with Crippen molar-refractivity contribution in [2.75, 3.05) is 6.54 Å². The average Bonchev–Trinajstić information content (AvgIpc) is 2.47. The highest BCUT2D eigenvalue weighted by molar-refractivity contribution is 5.17. The van der Waals surface area contributed by atoms with Gasteiger partial charge < -0.3 is 5.73 Å². The fourth-order valence-electron chi connectivity index (χ4n) is 1.67.